The van der Waals surface area contributed by atoms with Gasteiger partial charge in [-0.2, -0.15) is 0 Å². The van der Waals surface area contributed by atoms with Crippen LogP contribution in [0.1, 0.15) is 23.0 Å². The number of rotatable bonds is 4. The molecule has 30 heavy (non-hydrogen) atoms. The molecule has 1 aromatic heterocycles. The van der Waals surface area contributed by atoms with Crippen LogP contribution < -0.4 is 21.1 Å². The second-order valence-electron chi connectivity index (χ2n) is 7.11. The lowest BCUT2D eigenvalue weighted by Gasteiger charge is -2.27. The highest BCUT2D eigenvalue weighted by atomic mass is 16.2. The van der Waals surface area contributed by atoms with Crippen LogP contribution in [0.2, 0.25) is 0 Å². The molecule has 3 N–H and O–H groups in total. The third-order valence-electron chi connectivity index (χ3n) is 4.88. The van der Waals surface area contributed by atoms with Crippen LogP contribution in [0.4, 0.5) is 17.1 Å². The number of H-pyrrole nitrogens is 1. The van der Waals surface area contributed by atoms with Gasteiger partial charge >= 0.3 is 0 Å². The molecule has 0 saturated heterocycles. The highest BCUT2D eigenvalue weighted by Crippen LogP contribution is 2.29. The van der Waals surface area contributed by atoms with Gasteiger partial charge in [0, 0.05) is 35.6 Å². The van der Waals surface area contributed by atoms with E-state index in [4.69, 9.17) is 0 Å². The average Bonchev–Trinajstić information content (AvgIpc) is 2.72. The zero-order valence-corrected chi connectivity index (χ0v) is 16.7. The lowest BCUT2D eigenvalue weighted by atomic mass is 10.1. The molecular weight excluding hydrogens is 382 g/mol. The molecule has 4 rings (SSSR count). The molecule has 152 valence electrons. The molecule has 8 nitrogen and oxygen atoms in total. The Labute approximate surface area is 173 Å². The van der Waals surface area contributed by atoms with Crippen molar-refractivity contribution in [3.05, 3.63) is 70.1 Å². The molecule has 0 bridgehead atoms. The topological polar surface area (TPSA) is 107 Å². The van der Waals surface area contributed by atoms with Gasteiger partial charge in [-0.1, -0.05) is 19.1 Å². The molecule has 0 saturated carbocycles. The van der Waals surface area contributed by atoms with Gasteiger partial charge in [-0.05, 0) is 36.8 Å². The highest BCUT2D eigenvalue weighted by molar-refractivity contribution is 6.08. The molecule has 2 amide bonds. The molecule has 1 aliphatic heterocycles. The zero-order chi connectivity index (χ0) is 21.3. The highest BCUT2D eigenvalue weighted by Gasteiger charge is 2.20. The van der Waals surface area contributed by atoms with Crippen LogP contribution in [-0.4, -0.2) is 35.4 Å². The van der Waals surface area contributed by atoms with Crippen LogP contribution in [0.25, 0.3) is 11.4 Å². The van der Waals surface area contributed by atoms with Gasteiger partial charge in [-0.15, -0.1) is 0 Å². The summed E-state index contributed by atoms with van der Waals surface area (Å²) >= 11 is 0. The smallest absolute Gasteiger partial charge is 0.255 e. The summed E-state index contributed by atoms with van der Waals surface area (Å²) < 4.78 is 0. The molecule has 2 aromatic carbocycles. The number of hydrogen-bond acceptors (Lipinski definition) is 5. The second-order valence-corrected chi connectivity index (χ2v) is 7.11. The largest absolute Gasteiger partial charge is 0.364 e. The third kappa shape index (κ3) is 3.93. The van der Waals surface area contributed by atoms with Crippen LogP contribution >= 0.6 is 0 Å². The summed E-state index contributed by atoms with van der Waals surface area (Å²) in [6.07, 6.45) is 0.650. The van der Waals surface area contributed by atoms with E-state index in [0.29, 0.717) is 40.4 Å². The molecule has 0 aliphatic carbocycles. The van der Waals surface area contributed by atoms with Crippen molar-refractivity contribution < 1.29 is 9.59 Å². The van der Waals surface area contributed by atoms with Crippen LogP contribution in [0.15, 0.2) is 53.3 Å². The minimum Gasteiger partial charge on any atom is -0.364 e. The van der Waals surface area contributed by atoms with Crippen molar-refractivity contribution >= 4 is 28.9 Å². The van der Waals surface area contributed by atoms with Gasteiger partial charge < -0.3 is 20.5 Å². The van der Waals surface area contributed by atoms with Gasteiger partial charge in [0.05, 0.1) is 17.9 Å². The van der Waals surface area contributed by atoms with E-state index in [1.807, 2.05) is 31.0 Å². The van der Waals surface area contributed by atoms with Crippen LogP contribution in [-0.2, 0) is 11.2 Å². The van der Waals surface area contributed by atoms with Gasteiger partial charge in [0.25, 0.3) is 11.5 Å². The van der Waals surface area contributed by atoms with Gasteiger partial charge in [-0.25, -0.2) is 4.98 Å². The lowest BCUT2D eigenvalue weighted by Crippen LogP contribution is -2.35. The molecule has 0 spiro atoms. The molecule has 0 fully saturated rings. The van der Waals surface area contributed by atoms with Gasteiger partial charge in [0.15, 0.2) is 0 Å². The first-order valence-electron chi connectivity index (χ1n) is 9.60. The Kier molecular flexibility index (Phi) is 5.05. The van der Waals surface area contributed by atoms with Gasteiger partial charge in [0.1, 0.15) is 5.82 Å². The Morgan fingerprint density at radius 1 is 1.17 bits per heavy atom. The number of anilines is 3. The number of amides is 2. The van der Waals surface area contributed by atoms with E-state index in [9.17, 15) is 14.4 Å². The lowest BCUT2D eigenvalue weighted by molar-refractivity contribution is -0.115. The number of aromatic nitrogens is 2. The second kappa shape index (κ2) is 7.82. The molecule has 1 aliphatic rings. The van der Waals surface area contributed by atoms with Crippen molar-refractivity contribution in [3.8, 4) is 11.4 Å². The Balaban J connectivity index is 1.58. The van der Waals surface area contributed by atoms with Crippen LogP contribution in [0, 0.1) is 0 Å². The first-order chi connectivity index (χ1) is 14.4. The summed E-state index contributed by atoms with van der Waals surface area (Å²) in [7, 11) is 1.83. The number of likely N-dealkylation sites (N-methyl/N-ethyl adjacent to an activating group) is 1. The van der Waals surface area contributed by atoms with Crippen molar-refractivity contribution in [3.63, 3.8) is 0 Å². The molecule has 8 heteroatoms. The number of carbonyl (C=O) groups excluding carboxylic acids is 2. The summed E-state index contributed by atoms with van der Waals surface area (Å²) in [6, 6.07) is 13.8. The maximum atomic E-state index is 12.8. The Hall–Kier alpha value is -3.94. The fourth-order valence-corrected chi connectivity index (χ4v) is 3.37. The summed E-state index contributed by atoms with van der Waals surface area (Å²) in [5.41, 5.74) is 3.64. The number of nitrogens with zero attached hydrogens (tertiary/aromatic N) is 2. The number of nitrogens with one attached hydrogen (secondary N) is 3. The Morgan fingerprint density at radius 3 is 2.80 bits per heavy atom. The van der Waals surface area contributed by atoms with Crippen molar-refractivity contribution in [1.82, 2.24) is 9.97 Å². The van der Waals surface area contributed by atoms with Gasteiger partial charge in [0.2, 0.25) is 5.91 Å². The van der Waals surface area contributed by atoms with Crippen molar-refractivity contribution in [2.45, 2.75) is 13.3 Å². The molecule has 0 unspecified atom stereocenters. The fraction of sp³-hybridized carbons (Fsp3) is 0.182. The number of carbonyl (C=O) groups is 2. The van der Waals surface area contributed by atoms with Crippen molar-refractivity contribution in [2.24, 2.45) is 0 Å². The standard InChI is InChI=1S/C22H21N5O3/c1-3-15-11-19(28)26-21(23-15)13-5-4-6-16(9-13)24-22(30)14-7-8-18-17(10-14)25-20(29)12-27(18)2/h4-11H,3,12H2,1-2H3,(H,24,30)(H,25,29)(H,23,26,28). The number of aromatic amines is 1. The van der Waals surface area contributed by atoms with E-state index >= 15 is 0 Å². The van der Waals surface area contributed by atoms with Crippen LogP contribution in [0.3, 0.4) is 0 Å². The van der Waals surface area contributed by atoms with Crippen molar-refractivity contribution in [2.75, 3.05) is 29.1 Å². The predicted molar refractivity (Wildman–Crippen MR) is 116 cm³/mol. The Morgan fingerprint density at radius 2 is 2.00 bits per heavy atom. The maximum absolute atomic E-state index is 12.8. The summed E-state index contributed by atoms with van der Waals surface area (Å²) in [6.45, 7) is 2.21. The summed E-state index contributed by atoms with van der Waals surface area (Å²) in [5.74, 6) is 0.0298. The molecule has 3 aromatic rings. The summed E-state index contributed by atoms with van der Waals surface area (Å²) in [5, 5.41) is 5.65. The summed E-state index contributed by atoms with van der Waals surface area (Å²) in [4.78, 5) is 45.4. The quantitative estimate of drug-likeness (QED) is 0.621. The fourth-order valence-electron chi connectivity index (χ4n) is 3.37. The van der Waals surface area contributed by atoms with E-state index in [1.54, 1.807) is 30.3 Å². The zero-order valence-electron chi connectivity index (χ0n) is 16.7. The number of aryl methyl sites for hydroxylation is 1. The number of fused-ring (bicyclic) bond motifs is 1. The first kappa shape index (κ1) is 19.4. The molecule has 0 atom stereocenters. The van der Waals surface area contributed by atoms with Crippen LogP contribution in [0.5, 0.6) is 0 Å². The molecule has 0 radical (unpaired) electrons. The minimum absolute atomic E-state index is 0.119. The average molecular weight is 403 g/mol. The van der Waals surface area contributed by atoms with E-state index in [0.717, 1.165) is 5.69 Å². The Bertz CT molecular complexity index is 1200. The van der Waals surface area contributed by atoms with E-state index in [1.165, 1.54) is 6.07 Å². The normalized spacial score (nSPS) is 12.9. The SMILES string of the molecule is CCc1cc(=O)[nH]c(-c2cccc(NC(=O)c3ccc4c(c3)NC(=O)CN4C)c2)n1. The maximum Gasteiger partial charge on any atom is 0.255 e. The predicted octanol–water partition coefficient (Wildman–Crippen LogP) is 2.64. The molecular formula is C22H21N5O3. The third-order valence-corrected chi connectivity index (χ3v) is 4.88. The van der Waals surface area contributed by atoms with E-state index < -0.39 is 0 Å². The number of benzene rings is 2. The monoisotopic (exact) mass is 403 g/mol. The van der Waals surface area contributed by atoms with Gasteiger partial charge in [-0.3, -0.25) is 14.4 Å². The van der Waals surface area contributed by atoms with Crippen molar-refractivity contribution in [1.29, 1.82) is 0 Å². The first-order valence-corrected chi connectivity index (χ1v) is 9.60. The van der Waals surface area contributed by atoms with E-state index in [2.05, 4.69) is 20.6 Å². The molecule has 2 heterocycles. The van der Waals surface area contributed by atoms with E-state index in [-0.39, 0.29) is 23.9 Å². The number of hydrogen-bond donors (Lipinski definition) is 3. The minimum atomic E-state index is -0.304.